The zero-order valence-electron chi connectivity index (χ0n) is 15.4. The third-order valence-corrected chi connectivity index (χ3v) is 4.48. The lowest BCUT2D eigenvalue weighted by Crippen LogP contribution is -2.39. The normalized spacial score (nSPS) is 23.9. The topological polar surface area (TPSA) is 134 Å². The summed E-state index contributed by atoms with van der Waals surface area (Å²) in [6, 6.07) is 1.22. The first-order valence-corrected chi connectivity index (χ1v) is 8.62. The van der Waals surface area contributed by atoms with Crippen LogP contribution in [-0.4, -0.2) is 44.0 Å². The average molecular weight is 469 g/mol. The highest BCUT2D eigenvalue weighted by Gasteiger charge is 2.48. The highest BCUT2D eigenvalue weighted by Crippen LogP contribution is 2.38. The van der Waals surface area contributed by atoms with Gasteiger partial charge in [0.15, 0.2) is 12.3 Å². The maximum Gasteiger partial charge on any atom is 0.416 e. The van der Waals surface area contributed by atoms with Crippen LogP contribution in [-0.2, 0) is 21.9 Å². The average Bonchev–Trinajstić information content (AvgIpc) is 2.95. The summed E-state index contributed by atoms with van der Waals surface area (Å²) in [4.78, 5) is 37.2. The molecule has 0 bridgehead atoms. The van der Waals surface area contributed by atoms with Crippen LogP contribution in [0.15, 0.2) is 40.1 Å². The summed E-state index contributed by atoms with van der Waals surface area (Å²) in [5, 5.41) is 21.9. The Labute approximate surface area is 172 Å². The lowest BCUT2D eigenvalue weighted by atomic mass is 10.1. The molecule has 32 heavy (non-hydrogen) atoms. The number of alkyl halides is 6. The van der Waals surface area contributed by atoms with Crippen LogP contribution in [0.25, 0.3) is 0 Å². The number of anilines is 1. The van der Waals surface area contributed by atoms with Gasteiger partial charge in [0.05, 0.1) is 11.1 Å². The van der Waals surface area contributed by atoms with Crippen LogP contribution < -0.4 is 16.6 Å². The molecule has 1 saturated heterocycles. The predicted molar refractivity (Wildman–Crippen MR) is 92.3 cm³/mol. The maximum absolute atomic E-state index is 13.0. The van der Waals surface area contributed by atoms with Crippen molar-refractivity contribution < 1.29 is 46.1 Å². The van der Waals surface area contributed by atoms with Crippen molar-refractivity contribution in [1.29, 1.82) is 0 Å². The Morgan fingerprint density at radius 3 is 2.06 bits per heavy atom. The molecule has 2 aromatic rings. The number of aromatic amines is 1. The Balaban J connectivity index is 1.88. The summed E-state index contributed by atoms with van der Waals surface area (Å²) in [6.07, 6.45) is -17.0. The summed E-state index contributed by atoms with van der Waals surface area (Å²) in [5.41, 5.74) is -6.13. The Hall–Kier alpha value is -3.17. The predicted octanol–water partition coefficient (Wildman–Crippen LogP) is 0.832. The molecular formula is C17H13F6N3O6. The molecule has 9 nitrogen and oxygen atoms in total. The van der Waals surface area contributed by atoms with E-state index in [1.807, 2.05) is 4.98 Å². The summed E-state index contributed by atoms with van der Waals surface area (Å²) < 4.78 is 83.5. The molecule has 3 rings (SSSR count). The van der Waals surface area contributed by atoms with Gasteiger partial charge in [0.1, 0.15) is 12.2 Å². The molecule has 0 saturated carbocycles. The molecular weight excluding hydrogens is 456 g/mol. The van der Waals surface area contributed by atoms with Crippen LogP contribution in [0.5, 0.6) is 0 Å². The number of aliphatic hydroxyl groups is 2. The van der Waals surface area contributed by atoms with Crippen molar-refractivity contribution in [3.05, 3.63) is 62.4 Å². The highest BCUT2D eigenvalue weighted by molar-refractivity contribution is 5.95. The summed E-state index contributed by atoms with van der Waals surface area (Å²) in [7, 11) is 0. The van der Waals surface area contributed by atoms with Gasteiger partial charge in [-0.25, -0.2) is 4.79 Å². The second-order valence-electron chi connectivity index (χ2n) is 6.73. The molecule has 1 amide bonds. The van der Waals surface area contributed by atoms with Crippen LogP contribution in [0.4, 0.5) is 32.0 Å². The van der Waals surface area contributed by atoms with E-state index in [4.69, 9.17) is 4.74 Å². The molecule has 1 aromatic heterocycles. The standard InChI is InChI=1S/C17H13F6N3O6/c18-16(19,20)6-3-7(17(21,22)23)5-8(4-6)24-13(30)12-10(28)11(29)14(32-12)26-2-1-9(27)25-15(26)31/h1-5,10-12,14,28-29H,(H,24,30)(H,25,27,31)/t10-,11+,12-,14+/m0/s1. The van der Waals surface area contributed by atoms with Gasteiger partial charge in [-0.3, -0.25) is 19.1 Å². The van der Waals surface area contributed by atoms with Gasteiger partial charge in [-0.05, 0) is 18.2 Å². The van der Waals surface area contributed by atoms with E-state index in [0.717, 1.165) is 12.3 Å². The van der Waals surface area contributed by atoms with E-state index in [2.05, 4.69) is 0 Å². The first-order valence-electron chi connectivity index (χ1n) is 8.62. The van der Waals surface area contributed by atoms with Crippen LogP contribution in [0.3, 0.4) is 0 Å². The number of H-pyrrole nitrogens is 1. The van der Waals surface area contributed by atoms with E-state index < -0.39 is 70.9 Å². The third kappa shape index (κ3) is 4.68. The number of halogens is 6. The summed E-state index contributed by atoms with van der Waals surface area (Å²) in [6.45, 7) is 0. The second kappa shape index (κ2) is 8.07. The van der Waals surface area contributed by atoms with Gasteiger partial charge in [-0.1, -0.05) is 0 Å². The van der Waals surface area contributed by atoms with Gasteiger partial charge >= 0.3 is 18.0 Å². The molecule has 174 valence electrons. The third-order valence-electron chi connectivity index (χ3n) is 4.48. The van der Waals surface area contributed by atoms with Gasteiger partial charge < -0.3 is 20.3 Å². The number of nitrogens with one attached hydrogen (secondary N) is 2. The van der Waals surface area contributed by atoms with Crippen LogP contribution in [0.1, 0.15) is 17.4 Å². The number of benzene rings is 1. The van der Waals surface area contributed by atoms with Gasteiger partial charge in [0, 0.05) is 18.0 Å². The second-order valence-corrected chi connectivity index (χ2v) is 6.73. The number of amides is 1. The minimum Gasteiger partial charge on any atom is -0.387 e. The van der Waals surface area contributed by atoms with Crippen molar-refractivity contribution in [2.24, 2.45) is 0 Å². The van der Waals surface area contributed by atoms with E-state index in [-0.39, 0.29) is 18.2 Å². The number of carbonyl (C=O) groups is 1. The Bertz CT molecular complexity index is 1110. The highest BCUT2D eigenvalue weighted by atomic mass is 19.4. The smallest absolute Gasteiger partial charge is 0.387 e. The van der Waals surface area contributed by atoms with Crippen molar-refractivity contribution in [2.75, 3.05) is 5.32 Å². The van der Waals surface area contributed by atoms with Crippen molar-refractivity contribution in [3.63, 3.8) is 0 Å². The van der Waals surface area contributed by atoms with Crippen LogP contribution in [0, 0.1) is 0 Å². The summed E-state index contributed by atoms with van der Waals surface area (Å²) in [5.74, 6) is -1.39. The van der Waals surface area contributed by atoms with Gasteiger partial charge in [-0.2, -0.15) is 26.3 Å². The first kappa shape index (κ1) is 23.5. The first-order chi connectivity index (χ1) is 14.7. The number of hydrogen-bond acceptors (Lipinski definition) is 6. The number of nitrogens with zero attached hydrogens (tertiary/aromatic N) is 1. The molecule has 1 aliphatic rings. The molecule has 15 heteroatoms. The molecule has 4 N–H and O–H groups in total. The van der Waals surface area contributed by atoms with E-state index in [9.17, 15) is 50.9 Å². The minimum atomic E-state index is -5.16. The lowest BCUT2D eigenvalue weighted by molar-refractivity contribution is -0.143. The fourth-order valence-corrected chi connectivity index (χ4v) is 2.97. The Morgan fingerprint density at radius 2 is 1.56 bits per heavy atom. The molecule has 4 atom stereocenters. The van der Waals surface area contributed by atoms with E-state index in [0.29, 0.717) is 4.57 Å². The number of aromatic nitrogens is 2. The van der Waals surface area contributed by atoms with E-state index in [1.54, 1.807) is 5.32 Å². The SMILES string of the molecule is O=C(Nc1cc(C(F)(F)F)cc(C(F)(F)F)c1)[C@H]1O[C@@H](n2ccc(=O)[nH]c2=O)[C@H](O)[C@@H]1O. The van der Waals surface area contributed by atoms with Crippen molar-refractivity contribution in [2.45, 2.75) is 36.9 Å². The minimum absolute atomic E-state index is 0.140. The van der Waals surface area contributed by atoms with Crippen molar-refractivity contribution in [3.8, 4) is 0 Å². The van der Waals surface area contributed by atoms with Crippen LogP contribution >= 0.6 is 0 Å². The van der Waals surface area contributed by atoms with Gasteiger partial charge in [-0.15, -0.1) is 0 Å². The van der Waals surface area contributed by atoms with Crippen molar-refractivity contribution >= 4 is 11.6 Å². The fourth-order valence-electron chi connectivity index (χ4n) is 2.97. The number of hydrogen-bond donors (Lipinski definition) is 4. The number of rotatable bonds is 3. The lowest BCUT2D eigenvalue weighted by Gasteiger charge is -2.17. The zero-order valence-corrected chi connectivity index (χ0v) is 15.4. The Morgan fingerprint density at radius 1 is 1.00 bits per heavy atom. The molecule has 1 aliphatic heterocycles. The Kier molecular flexibility index (Phi) is 5.92. The van der Waals surface area contributed by atoms with Crippen LogP contribution in [0.2, 0.25) is 0 Å². The van der Waals surface area contributed by atoms with Gasteiger partial charge in [0.25, 0.3) is 11.5 Å². The largest absolute Gasteiger partial charge is 0.416 e. The molecule has 0 spiro atoms. The fraction of sp³-hybridized carbons (Fsp3) is 0.353. The molecule has 1 aromatic carbocycles. The number of ether oxygens (including phenoxy) is 1. The maximum atomic E-state index is 13.0. The molecule has 1 fully saturated rings. The monoisotopic (exact) mass is 469 g/mol. The van der Waals surface area contributed by atoms with E-state index in [1.165, 1.54) is 0 Å². The zero-order chi connectivity index (χ0) is 24.0. The molecule has 0 radical (unpaired) electrons. The molecule has 0 unspecified atom stereocenters. The van der Waals surface area contributed by atoms with Crippen molar-refractivity contribution in [1.82, 2.24) is 9.55 Å². The summed E-state index contributed by atoms with van der Waals surface area (Å²) >= 11 is 0. The van der Waals surface area contributed by atoms with Gasteiger partial charge in [0.2, 0.25) is 0 Å². The number of aliphatic hydroxyl groups excluding tert-OH is 2. The molecule has 2 heterocycles. The molecule has 0 aliphatic carbocycles. The number of carbonyl (C=O) groups excluding carboxylic acids is 1. The van der Waals surface area contributed by atoms with E-state index >= 15 is 0 Å². The quantitative estimate of drug-likeness (QED) is 0.493.